The van der Waals surface area contributed by atoms with Crippen molar-refractivity contribution in [1.29, 1.82) is 0 Å². The first-order chi connectivity index (χ1) is 9.88. The van der Waals surface area contributed by atoms with E-state index in [0.29, 0.717) is 17.6 Å². The molecule has 0 unspecified atom stereocenters. The Balaban J connectivity index is 2.20. The maximum absolute atomic E-state index is 11.8. The summed E-state index contributed by atoms with van der Waals surface area (Å²) in [4.78, 5) is 23.6. The Bertz CT molecular complexity index is 738. The first kappa shape index (κ1) is 15.3. The molecule has 1 aromatic heterocycles. The van der Waals surface area contributed by atoms with Gasteiger partial charge >= 0.3 is 5.97 Å². The highest BCUT2D eigenvalue weighted by molar-refractivity contribution is 7.17. The van der Waals surface area contributed by atoms with Crippen molar-refractivity contribution in [1.82, 2.24) is 4.90 Å². The summed E-state index contributed by atoms with van der Waals surface area (Å²) in [6.45, 7) is 0.294. The van der Waals surface area contributed by atoms with Gasteiger partial charge in [0.25, 0.3) is 5.91 Å². The largest absolute Gasteiger partial charge is 0.502 e. The summed E-state index contributed by atoms with van der Waals surface area (Å²) >= 11 is 7.51. The number of aliphatic hydroxyl groups excluding tert-OH is 1. The molecule has 0 bridgehead atoms. The summed E-state index contributed by atoms with van der Waals surface area (Å²) in [7, 11) is 1.53. The number of halogens is 1. The van der Waals surface area contributed by atoms with E-state index in [1.807, 2.05) is 17.5 Å². The summed E-state index contributed by atoms with van der Waals surface area (Å²) in [5.41, 5.74) is 0.913. The molecule has 0 saturated carbocycles. The fourth-order valence-corrected chi connectivity index (χ4v) is 2.91. The van der Waals surface area contributed by atoms with Crippen LogP contribution in [0.4, 0.5) is 0 Å². The van der Waals surface area contributed by atoms with Gasteiger partial charge in [0, 0.05) is 23.3 Å². The molecule has 0 spiro atoms. The molecule has 0 aliphatic heterocycles. The Morgan fingerprint density at radius 3 is 2.76 bits per heavy atom. The molecule has 0 aliphatic carbocycles. The van der Waals surface area contributed by atoms with Crippen LogP contribution in [-0.4, -0.2) is 34.0 Å². The number of benzene rings is 1. The first-order valence-corrected chi connectivity index (χ1v) is 7.19. The number of carboxylic acid groups (broad SMARTS) is 1. The monoisotopic (exact) mass is 325 g/mol. The Hall–Kier alpha value is -2.05. The second-order valence-electron chi connectivity index (χ2n) is 4.43. The number of carbonyl (C=O) groups is 2. The summed E-state index contributed by atoms with van der Waals surface area (Å²) in [5, 5.41) is 21.1. The van der Waals surface area contributed by atoms with E-state index in [1.54, 1.807) is 6.07 Å². The van der Waals surface area contributed by atoms with E-state index in [-0.39, 0.29) is 0 Å². The SMILES string of the molecule is CN(Cc1csc2ccc(Cl)cc12)C(=O)C=C(O)C(=O)O. The third-order valence-corrected chi connectivity index (χ3v) is 4.13. The number of nitrogens with zero attached hydrogens (tertiary/aromatic N) is 1. The van der Waals surface area contributed by atoms with Crippen molar-refractivity contribution in [2.24, 2.45) is 0 Å². The lowest BCUT2D eigenvalue weighted by Gasteiger charge is -2.14. The molecule has 5 nitrogen and oxygen atoms in total. The third kappa shape index (κ3) is 3.53. The van der Waals surface area contributed by atoms with Crippen LogP contribution in [-0.2, 0) is 16.1 Å². The van der Waals surface area contributed by atoms with Crippen molar-refractivity contribution in [3.05, 3.63) is 46.0 Å². The smallest absolute Gasteiger partial charge is 0.371 e. The van der Waals surface area contributed by atoms with Crippen LogP contribution in [0.1, 0.15) is 5.56 Å². The molecule has 110 valence electrons. The summed E-state index contributed by atoms with van der Waals surface area (Å²) in [5.74, 6) is -3.11. The predicted molar refractivity (Wildman–Crippen MR) is 81.7 cm³/mol. The van der Waals surface area contributed by atoms with Gasteiger partial charge in [-0.1, -0.05) is 11.6 Å². The van der Waals surface area contributed by atoms with E-state index in [4.69, 9.17) is 21.8 Å². The third-order valence-electron chi connectivity index (χ3n) is 2.88. The summed E-state index contributed by atoms with van der Waals surface area (Å²) < 4.78 is 1.05. The average Bonchev–Trinajstić information content (AvgIpc) is 2.81. The number of hydrogen-bond donors (Lipinski definition) is 2. The van der Waals surface area contributed by atoms with Gasteiger partial charge < -0.3 is 15.1 Å². The highest BCUT2D eigenvalue weighted by Crippen LogP contribution is 2.29. The Labute approximate surface area is 129 Å². The van der Waals surface area contributed by atoms with Crippen LogP contribution < -0.4 is 0 Å². The number of aliphatic carboxylic acids is 1. The van der Waals surface area contributed by atoms with Gasteiger partial charge in [-0.05, 0) is 34.5 Å². The van der Waals surface area contributed by atoms with Gasteiger partial charge in [-0.2, -0.15) is 0 Å². The van der Waals surface area contributed by atoms with Crippen molar-refractivity contribution >= 4 is 44.9 Å². The van der Waals surface area contributed by atoms with E-state index in [1.165, 1.54) is 23.3 Å². The second kappa shape index (κ2) is 6.15. The van der Waals surface area contributed by atoms with E-state index in [0.717, 1.165) is 15.6 Å². The van der Waals surface area contributed by atoms with Gasteiger partial charge in [0.15, 0.2) is 0 Å². The molecule has 0 atom stereocenters. The van der Waals surface area contributed by atoms with Gasteiger partial charge in [0.2, 0.25) is 5.76 Å². The first-order valence-electron chi connectivity index (χ1n) is 5.93. The zero-order valence-corrected chi connectivity index (χ0v) is 12.6. The fraction of sp³-hybridized carbons (Fsp3) is 0.143. The van der Waals surface area contributed by atoms with Gasteiger partial charge in [-0.25, -0.2) is 4.79 Å². The number of likely N-dealkylation sites (N-methyl/N-ethyl adjacent to an activating group) is 1. The van der Waals surface area contributed by atoms with Gasteiger partial charge in [-0.15, -0.1) is 11.3 Å². The van der Waals surface area contributed by atoms with Crippen LogP contribution in [0, 0.1) is 0 Å². The molecule has 0 aliphatic rings. The number of carboxylic acids is 1. The Morgan fingerprint density at radius 2 is 2.10 bits per heavy atom. The maximum atomic E-state index is 11.8. The van der Waals surface area contributed by atoms with Crippen molar-refractivity contribution in [2.75, 3.05) is 7.05 Å². The number of rotatable bonds is 4. The normalized spacial score (nSPS) is 11.6. The quantitative estimate of drug-likeness (QED) is 0.669. The molecular formula is C14H12ClNO4S. The maximum Gasteiger partial charge on any atom is 0.371 e. The van der Waals surface area contributed by atoms with E-state index in [2.05, 4.69) is 0 Å². The zero-order chi connectivity index (χ0) is 15.6. The number of fused-ring (bicyclic) bond motifs is 1. The van der Waals surface area contributed by atoms with Crippen LogP contribution in [0.3, 0.4) is 0 Å². The molecule has 1 aromatic carbocycles. The number of carbonyl (C=O) groups excluding carboxylic acids is 1. The molecule has 0 saturated heterocycles. The zero-order valence-electron chi connectivity index (χ0n) is 11.0. The van der Waals surface area contributed by atoms with Crippen LogP contribution in [0.5, 0.6) is 0 Å². The predicted octanol–water partition coefficient (Wildman–Crippen LogP) is 3.04. The number of amides is 1. The number of hydrogen-bond acceptors (Lipinski definition) is 4. The topological polar surface area (TPSA) is 77.8 Å². The van der Waals surface area contributed by atoms with Crippen molar-refractivity contribution in [2.45, 2.75) is 6.54 Å². The van der Waals surface area contributed by atoms with Crippen LogP contribution in [0.2, 0.25) is 5.02 Å². The number of aliphatic hydroxyl groups is 1. The van der Waals surface area contributed by atoms with Crippen LogP contribution >= 0.6 is 22.9 Å². The average molecular weight is 326 g/mol. The lowest BCUT2D eigenvalue weighted by atomic mass is 10.1. The number of thiophene rings is 1. The minimum atomic E-state index is -1.54. The van der Waals surface area contributed by atoms with Gasteiger partial charge in [0.05, 0.1) is 6.08 Å². The Kier molecular flexibility index (Phi) is 4.50. The van der Waals surface area contributed by atoms with E-state index in [9.17, 15) is 9.59 Å². The van der Waals surface area contributed by atoms with Crippen molar-refractivity contribution in [3.63, 3.8) is 0 Å². The fourth-order valence-electron chi connectivity index (χ4n) is 1.80. The second-order valence-corrected chi connectivity index (χ2v) is 5.78. The molecule has 2 rings (SSSR count). The Morgan fingerprint density at radius 1 is 1.38 bits per heavy atom. The highest BCUT2D eigenvalue weighted by atomic mass is 35.5. The molecule has 7 heteroatoms. The van der Waals surface area contributed by atoms with Crippen molar-refractivity contribution in [3.8, 4) is 0 Å². The molecule has 21 heavy (non-hydrogen) atoms. The minimum absolute atomic E-state index is 0.294. The minimum Gasteiger partial charge on any atom is -0.502 e. The summed E-state index contributed by atoms with van der Waals surface area (Å²) in [6.07, 6.45) is 0.684. The molecule has 2 N–H and O–H groups in total. The van der Waals surface area contributed by atoms with Gasteiger partial charge in [0.1, 0.15) is 0 Å². The highest BCUT2D eigenvalue weighted by Gasteiger charge is 2.13. The molecular weight excluding hydrogens is 314 g/mol. The van der Waals surface area contributed by atoms with Crippen LogP contribution in [0.25, 0.3) is 10.1 Å². The molecule has 2 aromatic rings. The summed E-state index contributed by atoms with van der Waals surface area (Å²) in [6, 6.07) is 5.53. The van der Waals surface area contributed by atoms with Crippen molar-refractivity contribution < 1.29 is 19.8 Å². The van der Waals surface area contributed by atoms with Gasteiger partial charge in [-0.3, -0.25) is 4.79 Å². The standard InChI is InChI=1S/C14H12ClNO4S/c1-16(13(18)5-11(17)14(19)20)6-8-7-21-12-3-2-9(15)4-10(8)12/h2-5,7,17H,6H2,1H3,(H,19,20). The molecule has 1 amide bonds. The van der Waals surface area contributed by atoms with Crippen LogP contribution in [0.15, 0.2) is 35.4 Å². The molecule has 0 fully saturated rings. The lowest BCUT2D eigenvalue weighted by molar-refractivity contribution is -0.136. The van der Waals surface area contributed by atoms with E-state index >= 15 is 0 Å². The van der Waals surface area contributed by atoms with E-state index < -0.39 is 17.6 Å². The lowest BCUT2D eigenvalue weighted by Crippen LogP contribution is -2.25. The molecule has 0 radical (unpaired) electrons. The molecule has 1 heterocycles.